The van der Waals surface area contributed by atoms with Crippen LogP contribution in [0, 0.1) is 11.7 Å². The normalized spacial score (nSPS) is 17.3. The number of rotatable bonds is 6. The molecule has 0 amide bonds. The molecule has 1 aliphatic heterocycles. The Bertz CT molecular complexity index is 1100. The van der Waals surface area contributed by atoms with Crippen molar-refractivity contribution < 1.29 is 4.39 Å². The predicted molar refractivity (Wildman–Crippen MR) is 121 cm³/mol. The highest BCUT2D eigenvalue weighted by Crippen LogP contribution is 2.29. The van der Waals surface area contributed by atoms with Crippen molar-refractivity contribution in [3.8, 4) is 11.3 Å². The van der Waals surface area contributed by atoms with Crippen molar-refractivity contribution in [3.63, 3.8) is 0 Å². The Labute approximate surface area is 177 Å². The molecule has 1 aromatic heterocycles. The number of nitrogens with zero attached hydrogens (tertiary/aromatic N) is 1. The first kappa shape index (κ1) is 20.8. The van der Waals surface area contributed by atoms with E-state index in [0.717, 1.165) is 29.6 Å². The van der Waals surface area contributed by atoms with Gasteiger partial charge in [0.15, 0.2) is 0 Å². The molecule has 0 saturated carbocycles. The number of hydrogen-bond donors (Lipinski definition) is 2. The second-order valence-corrected chi connectivity index (χ2v) is 8.98. The van der Waals surface area contributed by atoms with E-state index in [1.165, 1.54) is 6.07 Å². The van der Waals surface area contributed by atoms with E-state index in [2.05, 4.69) is 43.0 Å². The molecule has 2 unspecified atom stereocenters. The summed E-state index contributed by atoms with van der Waals surface area (Å²) in [6.07, 6.45) is 0. The Morgan fingerprint density at radius 2 is 1.87 bits per heavy atom. The van der Waals surface area contributed by atoms with Crippen LogP contribution in [0.25, 0.3) is 22.0 Å². The van der Waals surface area contributed by atoms with Crippen LogP contribution >= 0.6 is 0 Å². The zero-order valence-corrected chi connectivity index (χ0v) is 18.1. The van der Waals surface area contributed by atoms with Crippen molar-refractivity contribution in [2.45, 2.75) is 38.8 Å². The van der Waals surface area contributed by atoms with Gasteiger partial charge in [-0.2, -0.15) is 0 Å². The van der Waals surface area contributed by atoms with Crippen molar-refractivity contribution in [3.05, 3.63) is 70.3 Å². The lowest BCUT2D eigenvalue weighted by molar-refractivity contribution is 0.144. The fourth-order valence-corrected chi connectivity index (χ4v) is 4.80. The molecule has 2 atom stereocenters. The van der Waals surface area contributed by atoms with Gasteiger partial charge >= 0.3 is 0 Å². The molecule has 4 rings (SSSR count). The number of aromatic nitrogens is 1. The van der Waals surface area contributed by atoms with E-state index >= 15 is 0 Å². The van der Waals surface area contributed by atoms with Gasteiger partial charge in [-0.1, -0.05) is 44.2 Å². The Morgan fingerprint density at radius 3 is 2.53 bits per heavy atom. The summed E-state index contributed by atoms with van der Waals surface area (Å²) in [6.45, 7) is 8.58. The average molecular weight is 408 g/mol. The van der Waals surface area contributed by atoms with Crippen LogP contribution in [0.4, 0.5) is 4.39 Å². The molecule has 158 valence electrons. The number of halogens is 1. The second kappa shape index (κ2) is 8.32. The highest BCUT2D eigenvalue weighted by Gasteiger charge is 2.30. The zero-order valence-electron chi connectivity index (χ0n) is 18.1. The lowest BCUT2D eigenvalue weighted by atomic mass is 9.83. The van der Waals surface area contributed by atoms with Gasteiger partial charge in [-0.25, -0.2) is 4.39 Å². The summed E-state index contributed by atoms with van der Waals surface area (Å²) in [4.78, 5) is 18.4. The number of aromatic amines is 1. The molecule has 0 bridgehead atoms. The molecular weight excluding hydrogens is 377 g/mol. The summed E-state index contributed by atoms with van der Waals surface area (Å²) in [6, 6.07) is 15.2. The third kappa shape index (κ3) is 4.05. The highest BCUT2D eigenvalue weighted by molar-refractivity contribution is 5.87. The number of likely N-dealkylation sites (tertiary alicyclic amines) is 1. The Morgan fingerprint density at radius 1 is 1.10 bits per heavy atom. The average Bonchev–Trinajstić information content (AvgIpc) is 2.68. The van der Waals surface area contributed by atoms with Crippen LogP contribution in [-0.2, 0) is 0 Å². The van der Waals surface area contributed by atoms with Crippen molar-refractivity contribution >= 4 is 10.8 Å². The van der Waals surface area contributed by atoms with E-state index < -0.39 is 0 Å². The molecule has 4 nitrogen and oxygen atoms in total. The van der Waals surface area contributed by atoms with Crippen LogP contribution in [0.3, 0.4) is 0 Å². The van der Waals surface area contributed by atoms with Crippen LogP contribution in [0.15, 0.2) is 53.3 Å². The van der Waals surface area contributed by atoms with E-state index in [-0.39, 0.29) is 23.3 Å². The minimum atomic E-state index is -0.255. The highest BCUT2D eigenvalue weighted by atomic mass is 19.1. The lowest BCUT2D eigenvalue weighted by Gasteiger charge is -2.40. The van der Waals surface area contributed by atoms with Crippen LogP contribution in [0.1, 0.15) is 32.3 Å². The Balaban J connectivity index is 1.63. The summed E-state index contributed by atoms with van der Waals surface area (Å²) >= 11 is 0. The zero-order chi connectivity index (χ0) is 21.4. The van der Waals surface area contributed by atoms with Crippen molar-refractivity contribution in [1.82, 2.24) is 15.2 Å². The number of fused-ring (bicyclic) bond motifs is 1. The minimum absolute atomic E-state index is 0.0702. The molecule has 5 heteroatoms. The Hall–Kier alpha value is -2.50. The van der Waals surface area contributed by atoms with Crippen molar-refractivity contribution in [1.29, 1.82) is 0 Å². The lowest BCUT2D eigenvalue weighted by Crippen LogP contribution is -2.59. The standard InChI is InChI=1S/C25H30FN3O/c1-15(2)24(16(3)27-19-13-29(4)14-19)20-10-11-23(28-25(20)30)18-9-8-17-6-5-7-22(26)21(17)12-18/h5-12,15-16,19,24,27H,13-14H2,1-4H3,(H,28,30). The van der Waals surface area contributed by atoms with Gasteiger partial charge in [-0.15, -0.1) is 0 Å². The second-order valence-electron chi connectivity index (χ2n) is 8.98. The monoisotopic (exact) mass is 407 g/mol. The molecule has 2 N–H and O–H groups in total. The fraction of sp³-hybridized carbons (Fsp3) is 0.400. The maximum absolute atomic E-state index is 14.2. The molecule has 2 aromatic carbocycles. The number of likely N-dealkylation sites (N-methyl/N-ethyl adjacent to an activating group) is 1. The van der Waals surface area contributed by atoms with Crippen LogP contribution in [0.2, 0.25) is 0 Å². The van der Waals surface area contributed by atoms with Crippen LogP contribution < -0.4 is 10.9 Å². The number of hydrogen-bond acceptors (Lipinski definition) is 3. The van der Waals surface area contributed by atoms with E-state index in [0.29, 0.717) is 23.0 Å². The first-order valence-corrected chi connectivity index (χ1v) is 10.7. The van der Waals surface area contributed by atoms with Gasteiger partial charge in [0.1, 0.15) is 5.82 Å². The van der Waals surface area contributed by atoms with E-state index in [9.17, 15) is 9.18 Å². The molecule has 0 aliphatic carbocycles. The first-order chi connectivity index (χ1) is 14.3. The summed E-state index contributed by atoms with van der Waals surface area (Å²) in [5, 5.41) is 5.10. The molecule has 2 heterocycles. The quantitative estimate of drug-likeness (QED) is 0.638. The number of pyridine rings is 1. The van der Waals surface area contributed by atoms with Crippen molar-refractivity contribution in [2.24, 2.45) is 5.92 Å². The molecule has 0 radical (unpaired) electrons. The van der Waals surface area contributed by atoms with Crippen molar-refractivity contribution in [2.75, 3.05) is 20.1 Å². The summed E-state index contributed by atoms with van der Waals surface area (Å²) in [5.41, 5.74) is 2.24. The Kier molecular flexibility index (Phi) is 5.76. The van der Waals surface area contributed by atoms with Crippen LogP contribution in [0.5, 0.6) is 0 Å². The van der Waals surface area contributed by atoms with Gasteiger partial charge in [-0.05, 0) is 49.0 Å². The molecule has 0 spiro atoms. The number of benzene rings is 2. The van der Waals surface area contributed by atoms with E-state index in [1.54, 1.807) is 12.1 Å². The third-order valence-electron chi connectivity index (χ3n) is 6.26. The van der Waals surface area contributed by atoms with Crippen LogP contribution in [-0.4, -0.2) is 42.1 Å². The maximum atomic E-state index is 14.2. The molecule has 3 aromatic rings. The smallest absolute Gasteiger partial charge is 0.251 e. The molecule has 30 heavy (non-hydrogen) atoms. The summed E-state index contributed by atoms with van der Waals surface area (Å²) in [5.74, 6) is 0.185. The van der Waals surface area contributed by atoms with Gasteiger partial charge in [-0.3, -0.25) is 4.79 Å². The van der Waals surface area contributed by atoms with E-state index in [1.807, 2.05) is 30.3 Å². The molecule has 1 fully saturated rings. The van der Waals surface area contributed by atoms with Gasteiger partial charge in [0.05, 0.1) is 0 Å². The maximum Gasteiger partial charge on any atom is 0.251 e. The third-order valence-corrected chi connectivity index (χ3v) is 6.26. The molecular formula is C25H30FN3O. The summed E-state index contributed by atoms with van der Waals surface area (Å²) in [7, 11) is 2.12. The summed E-state index contributed by atoms with van der Waals surface area (Å²) < 4.78 is 14.2. The number of nitrogens with one attached hydrogen (secondary N) is 2. The largest absolute Gasteiger partial charge is 0.322 e. The fourth-order valence-electron chi connectivity index (χ4n) is 4.80. The first-order valence-electron chi connectivity index (χ1n) is 10.7. The van der Waals surface area contributed by atoms with E-state index in [4.69, 9.17) is 0 Å². The van der Waals surface area contributed by atoms with Gasteiger partial charge in [0.2, 0.25) is 0 Å². The molecule has 1 aliphatic rings. The van der Waals surface area contributed by atoms with Gasteiger partial charge in [0.25, 0.3) is 5.56 Å². The van der Waals surface area contributed by atoms with Gasteiger partial charge < -0.3 is 15.2 Å². The predicted octanol–water partition coefficient (Wildman–Crippen LogP) is 4.37. The minimum Gasteiger partial charge on any atom is -0.322 e. The number of H-pyrrole nitrogens is 1. The topological polar surface area (TPSA) is 48.1 Å². The van der Waals surface area contributed by atoms with Gasteiger partial charge in [0, 0.05) is 47.7 Å². The SMILES string of the molecule is CC(C)C(c1ccc(-c2ccc3cccc(F)c3c2)[nH]c1=O)C(C)NC1CN(C)C1. The molecule has 1 saturated heterocycles.